The van der Waals surface area contributed by atoms with Crippen molar-refractivity contribution in [2.24, 2.45) is 0 Å². The second kappa shape index (κ2) is 5.41. The van der Waals surface area contributed by atoms with Gasteiger partial charge >= 0.3 is 0 Å². The highest BCUT2D eigenvalue weighted by atomic mass is 35.5. The molecule has 0 bridgehead atoms. The molecular formula is C16H16ClN3O2. The molecule has 0 spiro atoms. The van der Waals surface area contributed by atoms with Gasteiger partial charge in [0.1, 0.15) is 5.82 Å². The van der Waals surface area contributed by atoms with Gasteiger partial charge in [0.15, 0.2) is 0 Å². The summed E-state index contributed by atoms with van der Waals surface area (Å²) in [5, 5.41) is 0.983. The molecule has 2 aromatic rings. The van der Waals surface area contributed by atoms with Crippen molar-refractivity contribution >= 4 is 28.1 Å². The zero-order valence-corrected chi connectivity index (χ0v) is 12.8. The molecule has 0 aliphatic carbocycles. The molecule has 0 saturated carbocycles. The van der Waals surface area contributed by atoms with Crippen molar-refractivity contribution in [1.82, 2.24) is 14.5 Å². The quantitative estimate of drug-likeness (QED) is 0.808. The second-order valence-corrected chi connectivity index (χ2v) is 5.99. The minimum Gasteiger partial charge on any atom is -0.378 e. The van der Waals surface area contributed by atoms with Crippen LogP contribution in [0.15, 0.2) is 29.2 Å². The van der Waals surface area contributed by atoms with Gasteiger partial charge in [0.25, 0.3) is 5.56 Å². The van der Waals surface area contributed by atoms with Crippen molar-refractivity contribution in [2.75, 3.05) is 26.3 Å². The summed E-state index contributed by atoms with van der Waals surface area (Å²) in [7, 11) is 0. The minimum absolute atomic E-state index is 0.248. The fraction of sp³-hybridized carbons (Fsp3) is 0.375. The lowest BCUT2D eigenvalue weighted by atomic mass is 10.2. The van der Waals surface area contributed by atoms with Crippen LogP contribution in [0.25, 0.3) is 16.5 Å². The van der Waals surface area contributed by atoms with E-state index in [-0.39, 0.29) is 5.56 Å². The first kappa shape index (κ1) is 13.8. The Balaban J connectivity index is 1.84. The molecule has 1 aromatic heterocycles. The van der Waals surface area contributed by atoms with Gasteiger partial charge in [-0.1, -0.05) is 17.7 Å². The standard InChI is InChI=1S/C16H16ClN3O2/c17-12-2-1-3-13-14(12)16(21)18-15-11(4-5-20(13)15)10-19-6-8-22-9-7-19/h1-3,10H,4-9H2/b11-10+. The van der Waals surface area contributed by atoms with Crippen molar-refractivity contribution in [2.45, 2.75) is 13.0 Å². The molecule has 0 atom stereocenters. The molecule has 4 rings (SSSR count). The number of nitrogens with zero attached hydrogens (tertiary/aromatic N) is 3. The predicted octanol–water partition coefficient (Wildman–Crippen LogP) is 2.13. The number of rotatable bonds is 1. The van der Waals surface area contributed by atoms with Crippen molar-refractivity contribution in [3.63, 3.8) is 0 Å². The molecule has 1 aromatic carbocycles. The highest BCUT2D eigenvalue weighted by Gasteiger charge is 2.22. The van der Waals surface area contributed by atoms with E-state index in [4.69, 9.17) is 16.3 Å². The first-order valence-corrected chi connectivity index (χ1v) is 7.84. The molecule has 5 nitrogen and oxygen atoms in total. The van der Waals surface area contributed by atoms with E-state index in [1.807, 2.05) is 12.1 Å². The summed E-state index contributed by atoms with van der Waals surface area (Å²) in [4.78, 5) is 18.9. The zero-order chi connectivity index (χ0) is 15.1. The van der Waals surface area contributed by atoms with E-state index in [2.05, 4.69) is 20.7 Å². The summed E-state index contributed by atoms with van der Waals surface area (Å²) in [5.74, 6) is 0.770. The Labute approximate surface area is 132 Å². The summed E-state index contributed by atoms with van der Waals surface area (Å²) in [6, 6.07) is 5.55. The van der Waals surface area contributed by atoms with Gasteiger partial charge in [0, 0.05) is 31.4 Å². The van der Waals surface area contributed by atoms with Gasteiger partial charge in [-0.05, 0) is 18.6 Å². The van der Waals surface area contributed by atoms with E-state index in [1.54, 1.807) is 6.07 Å². The van der Waals surface area contributed by atoms with Crippen LogP contribution in [0.4, 0.5) is 0 Å². The number of allylic oxidation sites excluding steroid dienone is 1. The largest absolute Gasteiger partial charge is 0.378 e. The molecule has 0 radical (unpaired) electrons. The van der Waals surface area contributed by atoms with Crippen LogP contribution in [0.2, 0.25) is 5.02 Å². The second-order valence-electron chi connectivity index (χ2n) is 5.58. The average Bonchev–Trinajstić information content (AvgIpc) is 2.91. The fourth-order valence-electron chi connectivity index (χ4n) is 3.14. The van der Waals surface area contributed by atoms with Crippen LogP contribution in [0.1, 0.15) is 12.2 Å². The molecule has 1 saturated heterocycles. The van der Waals surface area contributed by atoms with Crippen LogP contribution in [0, 0.1) is 0 Å². The van der Waals surface area contributed by atoms with Gasteiger partial charge in [-0.15, -0.1) is 0 Å². The first-order chi connectivity index (χ1) is 10.7. The average molecular weight is 318 g/mol. The molecule has 0 unspecified atom stereocenters. The van der Waals surface area contributed by atoms with Crippen LogP contribution in [0.5, 0.6) is 0 Å². The van der Waals surface area contributed by atoms with E-state index in [9.17, 15) is 4.79 Å². The van der Waals surface area contributed by atoms with Crippen molar-refractivity contribution in [3.05, 3.63) is 45.6 Å². The highest BCUT2D eigenvalue weighted by Crippen LogP contribution is 2.30. The summed E-state index contributed by atoms with van der Waals surface area (Å²) < 4.78 is 7.46. The lowest BCUT2D eigenvalue weighted by Crippen LogP contribution is -2.32. The van der Waals surface area contributed by atoms with E-state index in [1.165, 1.54) is 0 Å². The summed E-state index contributed by atoms with van der Waals surface area (Å²) in [6.07, 6.45) is 3.01. The molecule has 1 fully saturated rings. The van der Waals surface area contributed by atoms with Crippen molar-refractivity contribution < 1.29 is 4.74 Å². The Bertz CT molecular complexity index is 822. The van der Waals surface area contributed by atoms with Crippen LogP contribution in [0.3, 0.4) is 0 Å². The zero-order valence-electron chi connectivity index (χ0n) is 12.1. The van der Waals surface area contributed by atoms with Crippen molar-refractivity contribution in [3.8, 4) is 0 Å². The minimum atomic E-state index is -0.248. The number of aryl methyl sites for hydroxylation is 1. The Hall–Kier alpha value is -1.85. The monoisotopic (exact) mass is 317 g/mol. The normalized spacial score (nSPS) is 19.9. The molecule has 0 N–H and O–H groups in total. The molecule has 0 amide bonds. The maximum atomic E-state index is 12.3. The molecule has 6 heteroatoms. The fourth-order valence-corrected chi connectivity index (χ4v) is 3.39. The molecular weight excluding hydrogens is 302 g/mol. The van der Waals surface area contributed by atoms with Gasteiger partial charge in [-0.3, -0.25) is 4.79 Å². The number of fused-ring (bicyclic) bond motifs is 3. The number of hydrogen-bond acceptors (Lipinski definition) is 4. The number of hydrogen-bond donors (Lipinski definition) is 0. The van der Waals surface area contributed by atoms with Crippen LogP contribution in [-0.4, -0.2) is 40.8 Å². The maximum absolute atomic E-state index is 12.3. The number of ether oxygens (including phenoxy) is 1. The lowest BCUT2D eigenvalue weighted by Gasteiger charge is -2.25. The summed E-state index contributed by atoms with van der Waals surface area (Å²) in [6.45, 7) is 4.09. The van der Waals surface area contributed by atoms with Crippen molar-refractivity contribution in [1.29, 1.82) is 0 Å². The molecule has 2 aliphatic rings. The molecule has 114 valence electrons. The molecule has 22 heavy (non-hydrogen) atoms. The van der Waals surface area contributed by atoms with Gasteiger partial charge < -0.3 is 14.2 Å². The first-order valence-electron chi connectivity index (χ1n) is 7.46. The predicted molar refractivity (Wildman–Crippen MR) is 86.0 cm³/mol. The number of halogens is 1. The highest BCUT2D eigenvalue weighted by molar-refractivity contribution is 6.35. The third kappa shape index (κ3) is 2.21. The number of benzene rings is 1. The molecule has 2 aliphatic heterocycles. The van der Waals surface area contributed by atoms with E-state index >= 15 is 0 Å². The van der Waals surface area contributed by atoms with Gasteiger partial charge in [-0.2, -0.15) is 4.98 Å². The Morgan fingerprint density at radius 2 is 2.05 bits per heavy atom. The van der Waals surface area contributed by atoms with E-state index in [0.29, 0.717) is 10.4 Å². The van der Waals surface area contributed by atoms with Gasteiger partial charge in [0.05, 0.1) is 29.1 Å². The number of aromatic nitrogens is 2. The Kier molecular flexibility index (Phi) is 3.39. The van der Waals surface area contributed by atoms with Crippen LogP contribution < -0.4 is 5.56 Å². The SMILES string of the molecule is O=c1nc2n(c3cccc(Cl)c13)CC/C2=C\N1CCOCC1. The third-order valence-electron chi connectivity index (χ3n) is 4.24. The lowest BCUT2D eigenvalue weighted by molar-refractivity contribution is 0.0595. The topological polar surface area (TPSA) is 47.4 Å². The van der Waals surface area contributed by atoms with Crippen LogP contribution >= 0.6 is 11.6 Å². The summed E-state index contributed by atoms with van der Waals surface area (Å²) >= 11 is 6.17. The van der Waals surface area contributed by atoms with Crippen LogP contribution in [-0.2, 0) is 11.3 Å². The van der Waals surface area contributed by atoms with Gasteiger partial charge in [0.2, 0.25) is 0 Å². The Morgan fingerprint density at radius 1 is 1.23 bits per heavy atom. The van der Waals surface area contributed by atoms with E-state index < -0.39 is 0 Å². The smallest absolute Gasteiger partial charge is 0.282 e. The van der Waals surface area contributed by atoms with E-state index in [0.717, 1.165) is 56.2 Å². The third-order valence-corrected chi connectivity index (χ3v) is 4.55. The maximum Gasteiger partial charge on any atom is 0.282 e. The summed E-state index contributed by atoms with van der Waals surface area (Å²) in [5.41, 5.74) is 1.73. The Morgan fingerprint density at radius 3 is 2.86 bits per heavy atom. The van der Waals surface area contributed by atoms with Gasteiger partial charge in [-0.25, -0.2) is 0 Å². The molecule has 3 heterocycles. The number of morpholine rings is 1.